The van der Waals surface area contributed by atoms with E-state index in [9.17, 15) is 18.0 Å². The number of anilines is 1. The summed E-state index contributed by atoms with van der Waals surface area (Å²) in [7, 11) is 0. The first-order valence-corrected chi connectivity index (χ1v) is 9.19. The summed E-state index contributed by atoms with van der Waals surface area (Å²) in [5.41, 5.74) is -0.447. The standard InChI is InChI=1S/C18H17ClF3N3O3/c1-9(17(26)23-11-4-5-12-13(8-11)28-7-6-27-12)25-15(10-2-3-10)14(19)16(24-25)18(20,21)22/h4-5,8-10H,2-3,6-7H2,1H3,(H,23,26). The molecule has 0 bridgehead atoms. The zero-order valence-electron chi connectivity index (χ0n) is 14.8. The molecule has 1 unspecified atom stereocenters. The number of aromatic nitrogens is 2. The van der Waals surface area contributed by atoms with Crippen LogP contribution in [-0.2, 0) is 11.0 Å². The minimum Gasteiger partial charge on any atom is -0.486 e. The van der Waals surface area contributed by atoms with Gasteiger partial charge >= 0.3 is 6.18 Å². The summed E-state index contributed by atoms with van der Waals surface area (Å²) in [6.07, 6.45) is -3.24. The van der Waals surface area contributed by atoms with Crippen molar-refractivity contribution in [3.05, 3.63) is 34.6 Å². The van der Waals surface area contributed by atoms with Crippen molar-refractivity contribution in [3.8, 4) is 11.5 Å². The predicted molar refractivity (Wildman–Crippen MR) is 95.0 cm³/mol. The Hall–Kier alpha value is -2.42. The van der Waals surface area contributed by atoms with Crippen LogP contribution in [0.4, 0.5) is 18.9 Å². The third kappa shape index (κ3) is 3.50. The lowest BCUT2D eigenvalue weighted by Crippen LogP contribution is -2.26. The largest absolute Gasteiger partial charge is 0.486 e. The summed E-state index contributed by atoms with van der Waals surface area (Å²) in [5.74, 6) is 0.450. The molecule has 1 saturated carbocycles. The summed E-state index contributed by atoms with van der Waals surface area (Å²) >= 11 is 5.97. The zero-order valence-corrected chi connectivity index (χ0v) is 15.6. The van der Waals surface area contributed by atoms with Crippen LogP contribution in [0.1, 0.15) is 43.1 Å². The fraction of sp³-hybridized carbons (Fsp3) is 0.444. The average molecular weight is 416 g/mol. The van der Waals surface area contributed by atoms with Crippen LogP contribution in [0.5, 0.6) is 11.5 Å². The quantitative estimate of drug-likeness (QED) is 0.803. The van der Waals surface area contributed by atoms with Crippen LogP contribution < -0.4 is 14.8 Å². The third-order valence-electron chi connectivity index (χ3n) is 4.68. The van der Waals surface area contributed by atoms with Gasteiger partial charge in [0.1, 0.15) is 19.3 Å². The Labute approximate surface area is 163 Å². The minimum absolute atomic E-state index is 0.111. The first kappa shape index (κ1) is 18.9. The van der Waals surface area contributed by atoms with E-state index in [1.165, 1.54) is 6.92 Å². The molecule has 2 aliphatic rings. The lowest BCUT2D eigenvalue weighted by Gasteiger charge is -2.20. The van der Waals surface area contributed by atoms with Crippen molar-refractivity contribution in [2.24, 2.45) is 0 Å². The Kier molecular flexibility index (Phi) is 4.65. The molecule has 2 heterocycles. The highest BCUT2D eigenvalue weighted by Gasteiger charge is 2.43. The molecule has 6 nitrogen and oxygen atoms in total. The number of nitrogens with zero attached hydrogens (tertiary/aromatic N) is 2. The molecule has 10 heteroatoms. The Morgan fingerprint density at radius 3 is 2.61 bits per heavy atom. The zero-order chi connectivity index (χ0) is 20.1. The van der Waals surface area contributed by atoms with Crippen molar-refractivity contribution in [2.45, 2.75) is 37.9 Å². The Morgan fingerprint density at radius 1 is 1.29 bits per heavy atom. The maximum absolute atomic E-state index is 13.2. The van der Waals surface area contributed by atoms with Crippen molar-refractivity contribution in [3.63, 3.8) is 0 Å². The van der Waals surface area contributed by atoms with Gasteiger partial charge in [-0.15, -0.1) is 0 Å². The molecule has 0 spiro atoms. The molecular weight excluding hydrogens is 399 g/mol. The molecule has 1 aliphatic heterocycles. The van der Waals surface area contributed by atoms with E-state index in [0.717, 1.165) is 17.5 Å². The van der Waals surface area contributed by atoms with Crippen molar-refractivity contribution >= 4 is 23.2 Å². The molecule has 1 N–H and O–H groups in total. The van der Waals surface area contributed by atoms with Crippen LogP contribution >= 0.6 is 11.6 Å². The molecule has 1 aliphatic carbocycles. The molecule has 1 amide bonds. The SMILES string of the molecule is CC(C(=O)Nc1ccc2c(c1)OCCO2)n1nc(C(F)(F)F)c(Cl)c1C1CC1. The van der Waals surface area contributed by atoms with E-state index < -0.39 is 28.8 Å². The van der Waals surface area contributed by atoms with Gasteiger partial charge in [-0.25, -0.2) is 0 Å². The number of carbonyl (C=O) groups excluding carboxylic acids is 1. The Bertz CT molecular complexity index is 925. The van der Waals surface area contributed by atoms with Crippen molar-refractivity contribution in [1.82, 2.24) is 9.78 Å². The van der Waals surface area contributed by atoms with E-state index in [1.807, 2.05) is 0 Å². The second kappa shape index (κ2) is 6.88. The number of hydrogen-bond donors (Lipinski definition) is 1. The summed E-state index contributed by atoms with van der Waals surface area (Å²) in [5, 5.41) is 5.89. The predicted octanol–water partition coefficient (Wildman–Crippen LogP) is 4.40. The molecule has 1 atom stereocenters. The number of fused-ring (bicyclic) bond motifs is 1. The highest BCUT2D eigenvalue weighted by Crippen LogP contribution is 2.47. The number of benzene rings is 1. The van der Waals surface area contributed by atoms with Gasteiger partial charge in [0.05, 0.1) is 10.7 Å². The van der Waals surface area contributed by atoms with Gasteiger partial charge in [-0.2, -0.15) is 18.3 Å². The second-order valence-electron chi connectivity index (χ2n) is 6.79. The lowest BCUT2D eigenvalue weighted by molar-refractivity contribution is -0.141. The van der Waals surface area contributed by atoms with Gasteiger partial charge in [0.2, 0.25) is 5.91 Å². The van der Waals surface area contributed by atoms with Crippen LogP contribution in [0, 0.1) is 0 Å². The van der Waals surface area contributed by atoms with Crippen molar-refractivity contribution < 1.29 is 27.4 Å². The highest BCUT2D eigenvalue weighted by molar-refractivity contribution is 6.32. The fourth-order valence-electron chi connectivity index (χ4n) is 3.11. The van der Waals surface area contributed by atoms with Crippen LogP contribution in [0.3, 0.4) is 0 Å². The van der Waals surface area contributed by atoms with Gasteiger partial charge in [0, 0.05) is 17.7 Å². The third-order valence-corrected chi connectivity index (χ3v) is 5.05. The smallest absolute Gasteiger partial charge is 0.436 e. The summed E-state index contributed by atoms with van der Waals surface area (Å²) in [4.78, 5) is 12.7. The molecule has 1 aromatic heterocycles. The number of carbonyl (C=O) groups is 1. The number of halogens is 4. The highest BCUT2D eigenvalue weighted by atomic mass is 35.5. The molecule has 4 rings (SSSR count). The van der Waals surface area contributed by atoms with Crippen LogP contribution in [-0.4, -0.2) is 28.9 Å². The Balaban J connectivity index is 1.59. The van der Waals surface area contributed by atoms with E-state index in [0.29, 0.717) is 30.4 Å². The number of rotatable bonds is 4. The first-order chi connectivity index (χ1) is 13.3. The molecule has 28 heavy (non-hydrogen) atoms. The molecule has 1 fully saturated rings. The number of hydrogen-bond acceptors (Lipinski definition) is 4. The molecule has 0 radical (unpaired) electrons. The van der Waals surface area contributed by atoms with Gasteiger partial charge in [0.15, 0.2) is 17.2 Å². The number of ether oxygens (including phenoxy) is 2. The molecule has 0 saturated heterocycles. The van der Waals surface area contributed by atoms with Gasteiger partial charge in [0.25, 0.3) is 0 Å². The van der Waals surface area contributed by atoms with Crippen molar-refractivity contribution in [2.75, 3.05) is 18.5 Å². The van der Waals surface area contributed by atoms with E-state index in [2.05, 4.69) is 10.4 Å². The fourth-order valence-corrected chi connectivity index (χ4v) is 3.49. The molecule has 2 aromatic rings. The summed E-state index contributed by atoms with van der Waals surface area (Å²) in [6.45, 7) is 2.33. The van der Waals surface area contributed by atoms with E-state index in [1.54, 1.807) is 18.2 Å². The average Bonchev–Trinajstić information content (AvgIpc) is 3.42. The van der Waals surface area contributed by atoms with Crippen LogP contribution in [0.15, 0.2) is 18.2 Å². The van der Waals surface area contributed by atoms with Gasteiger partial charge in [-0.1, -0.05) is 11.6 Å². The topological polar surface area (TPSA) is 65.4 Å². The number of amides is 1. The molecular formula is C18H17ClF3N3O3. The lowest BCUT2D eigenvalue weighted by atomic mass is 10.2. The normalized spacial score (nSPS) is 17.3. The monoisotopic (exact) mass is 415 g/mol. The maximum atomic E-state index is 13.2. The summed E-state index contributed by atoms with van der Waals surface area (Å²) in [6, 6.07) is 3.93. The summed E-state index contributed by atoms with van der Waals surface area (Å²) < 4.78 is 51.6. The molecule has 150 valence electrons. The van der Waals surface area contributed by atoms with Crippen LogP contribution in [0.2, 0.25) is 5.02 Å². The van der Waals surface area contributed by atoms with Gasteiger partial charge in [-0.3, -0.25) is 9.48 Å². The van der Waals surface area contributed by atoms with Gasteiger partial charge in [-0.05, 0) is 31.9 Å². The van der Waals surface area contributed by atoms with E-state index >= 15 is 0 Å². The minimum atomic E-state index is -4.68. The van der Waals surface area contributed by atoms with Gasteiger partial charge < -0.3 is 14.8 Å². The van der Waals surface area contributed by atoms with E-state index in [4.69, 9.17) is 21.1 Å². The molecule has 1 aromatic carbocycles. The maximum Gasteiger partial charge on any atom is 0.436 e. The van der Waals surface area contributed by atoms with Crippen molar-refractivity contribution in [1.29, 1.82) is 0 Å². The first-order valence-electron chi connectivity index (χ1n) is 8.81. The van der Waals surface area contributed by atoms with Crippen LogP contribution in [0.25, 0.3) is 0 Å². The van der Waals surface area contributed by atoms with E-state index in [-0.39, 0.29) is 11.6 Å². The Morgan fingerprint density at radius 2 is 1.96 bits per heavy atom. The number of nitrogens with one attached hydrogen (secondary N) is 1. The second-order valence-corrected chi connectivity index (χ2v) is 7.17. The number of alkyl halides is 3.